The number of hydrogen-bond acceptors (Lipinski definition) is 7. The molecule has 31 heavy (non-hydrogen) atoms. The molecule has 1 aromatic heterocycles. The van der Waals surface area contributed by atoms with E-state index in [9.17, 15) is 17.6 Å². The van der Waals surface area contributed by atoms with Crippen molar-refractivity contribution in [3.05, 3.63) is 53.1 Å². The van der Waals surface area contributed by atoms with Gasteiger partial charge >= 0.3 is 0 Å². The van der Waals surface area contributed by atoms with Gasteiger partial charge < -0.3 is 11.1 Å². The maximum Gasteiger partial charge on any atom is 0.248 e. The first-order valence-corrected chi connectivity index (χ1v) is 11.3. The molecule has 9 nitrogen and oxygen atoms in total. The first kappa shape index (κ1) is 22.6. The Morgan fingerprint density at radius 1 is 1.29 bits per heavy atom. The highest BCUT2D eigenvalue weighted by molar-refractivity contribution is 7.89. The Morgan fingerprint density at radius 2 is 2.00 bits per heavy atom. The lowest BCUT2D eigenvalue weighted by atomic mass is 10.1. The number of nitrogens with zero attached hydrogens (tertiary/aromatic N) is 4. The van der Waals surface area contributed by atoms with E-state index in [-0.39, 0.29) is 22.7 Å². The number of halogens is 1. The van der Waals surface area contributed by atoms with Gasteiger partial charge in [-0.2, -0.15) is 9.57 Å². The van der Waals surface area contributed by atoms with E-state index in [4.69, 9.17) is 11.0 Å². The number of aromatic nitrogens is 1. The number of piperazine rings is 1. The zero-order chi connectivity index (χ0) is 22.6. The molecule has 0 atom stereocenters. The van der Waals surface area contributed by atoms with Crippen LogP contribution >= 0.6 is 0 Å². The van der Waals surface area contributed by atoms with Gasteiger partial charge in [-0.1, -0.05) is 0 Å². The van der Waals surface area contributed by atoms with Crippen molar-refractivity contribution in [3.8, 4) is 6.07 Å². The van der Waals surface area contributed by atoms with E-state index < -0.39 is 21.7 Å². The SMILES string of the molecule is CCS(=O)(=O)N1CCN(Cc2cc(C(N)=O)cc(F)c2Nc2ccc(C#N)nc2)CC1. The van der Waals surface area contributed by atoms with Gasteiger partial charge in [0, 0.05) is 38.3 Å². The molecule has 1 aromatic carbocycles. The van der Waals surface area contributed by atoms with Crippen molar-refractivity contribution >= 4 is 27.3 Å². The van der Waals surface area contributed by atoms with Crippen LogP contribution in [0.2, 0.25) is 0 Å². The fraction of sp³-hybridized carbons (Fsp3) is 0.350. The Labute approximate surface area is 180 Å². The Morgan fingerprint density at radius 3 is 2.55 bits per heavy atom. The first-order chi connectivity index (χ1) is 14.7. The Kier molecular flexibility index (Phi) is 6.84. The number of amides is 1. The summed E-state index contributed by atoms with van der Waals surface area (Å²) in [4.78, 5) is 17.6. The average molecular weight is 447 g/mol. The minimum Gasteiger partial charge on any atom is -0.366 e. The molecule has 0 unspecified atom stereocenters. The number of carbonyl (C=O) groups excluding carboxylic acids is 1. The molecule has 0 radical (unpaired) electrons. The van der Waals surface area contributed by atoms with Gasteiger partial charge in [-0.05, 0) is 36.8 Å². The second-order valence-electron chi connectivity index (χ2n) is 7.10. The second-order valence-corrected chi connectivity index (χ2v) is 9.36. The molecule has 1 amide bonds. The Balaban J connectivity index is 1.84. The third-order valence-corrected chi connectivity index (χ3v) is 6.97. The molecule has 2 aromatic rings. The van der Waals surface area contributed by atoms with E-state index in [1.165, 1.54) is 22.6 Å². The van der Waals surface area contributed by atoms with Gasteiger partial charge in [0.05, 0.1) is 23.3 Å². The van der Waals surface area contributed by atoms with Crippen molar-refractivity contribution in [2.24, 2.45) is 5.73 Å². The topological polar surface area (TPSA) is 132 Å². The van der Waals surface area contributed by atoms with E-state index in [0.29, 0.717) is 44.0 Å². The predicted octanol–water partition coefficient (Wildman–Crippen LogP) is 1.40. The molecule has 11 heteroatoms. The van der Waals surface area contributed by atoms with E-state index in [1.807, 2.05) is 11.0 Å². The number of rotatable bonds is 7. The van der Waals surface area contributed by atoms with Gasteiger partial charge in [-0.15, -0.1) is 0 Å². The number of nitrogens with one attached hydrogen (secondary N) is 1. The van der Waals surface area contributed by atoms with Crippen molar-refractivity contribution in [1.29, 1.82) is 5.26 Å². The van der Waals surface area contributed by atoms with E-state index in [0.717, 1.165) is 6.07 Å². The van der Waals surface area contributed by atoms with Gasteiger partial charge in [0.1, 0.15) is 17.6 Å². The van der Waals surface area contributed by atoms with Crippen LogP contribution in [0.5, 0.6) is 0 Å². The summed E-state index contributed by atoms with van der Waals surface area (Å²) in [6.45, 7) is 3.53. The molecule has 1 fully saturated rings. The predicted molar refractivity (Wildman–Crippen MR) is 113 cm³/mol. The summed E-state index contributed by atoms with van der Waals surface area (Å²) < 4.78 is 40.4. The number of sulfonamides is 1. The highest BCUT2D eigenvalue weighted by Gasteiger charge is 2.26. The van der Waals surface area contributed by atoms with Crippen LogP contribution in [0.25, 0.3) is 0 Å². The molecular weight excluding hydrogens is 423 g/mol. The van der Waals surface area contributed by atoms with Crippen LogP contribution < -0.4 is 11.1 Å². The van der Waals surface area contributed by atoms with E-state index in [1.54, 1.807) is 13.0 Å². The number of benzene rings is 1. The minimum absolute atomic E-state index is 0.0446. The van der Waals surface area contributed by atoms with Gasteiger partial charge in [-0.25, -0.2) is 17.8 Å². The summed E-state index contributed by atoms with van der Waals surface area (Å²) in [5.74, 6) is -1.35. The van der Waals surface area contributed by atoms with Crippen LogP contribution in [0, 0.1) is 17.1 Å². The number of anilines is 2. The lowest BCUT2D eigenvalue weighted by molar-refractivity contribution is 0.0999. The number of carbonyl (C=O) groups is 1. The quantitative estimate of drug-likeness (QED) is 0.657. The number of nitriles is 1. The van der Waals surface area contributed by atoms with Crippen molar-refractivity contribution in [3.63, 3.8) is 0 Å². The normalized spacial score (nSPS) is 15.4. The molecule has 2 heterocycles. The summed E-state index contributed by atoms with van der Waals surface area (Å²) in [6.07, 6.45) is 1.41. The number of hydrogen-bond donors (Lipinski definition) is 2. The van der Waals surface area contributed by atoms with Crippen molar-refractivity contribution in [2.45, 2.75) is 13.5 Å². The molecular formula is C20H23FN6O3S. The summed E-state index contributed by atoms with van der Waals surface area (Å²) in [7, 11) is -3.25. The van der Waals surface area contributed by atoms with Gasteiger partial charge in [0.15, 0.2) is 0 Å². The fourth-order valence-electron chi connectivity index (χ4n) is 3.34. The molecule has 3 N–H and O–H groups in total. The average Bonchev–Trinajstić information content (AvgIpc) is 2.76. The van der Waals surface area contributed by atoms with Crippen molar-refractivity contribution in [2.75, 3.05) is 37.2 Å². The zero-order valence-corrected chi connectivity index (χ0v) is 17.8. The second kappa shape index (κ2) is 9.38. The molecule has 0 saturated carbocycles. The highest BCUT2D eigenvalue weighted by atomic mass is 32.2. The highest BCUT2D eigenvalue weighted by Crippen LogP contribution is 2.27. The minimum atomic E-state index is -3.25. The van der Waals surface area contributed by atoms with Crippen LogP contribution in [0.1, 0.15) is 28.5 Å². The molecule has 1 aliphatic rings. The van der Waals surface area contributed by atoms with Crippen molar-refractivity contribution in [1.82, 2.24) is 14.2 Å². The molecule has 0 aliphatic carbocycles. The monoisotopic (exact) mass is 446 g/mol. The van der Waals surface area contributed by atoms with Gasteiger partial charge in [0.25, 0.3) is 0 Å². The number of primary amides is 1. The summed E-state index contributed by atoms with van der Waals surface area (Å²) >= 11 is 0. The summed E-state index contributed by atoms with van der Waals surface area (Å²) in [5, 5.41) is 11.8. The summed E-state index contributed by atoms with van der Waals surface area (Å²) in [6, 6.07) is 7.62. The fourth-order valence-corrected chi connectivity index (χ4v) is 4.42. The lowest BCUT2D eigenvalue weighted by Crippen LogP contribution is -2.48. The molecule has 0 bridgehead atoms. The number of pyridine rings is 1. The van der Waals surface area contributed by atoms with Crippen LogP contribution in [-0.4, -0.2) is 60.4 Å². The van der Waals surface area contributed by atoms with E-state index >= 15 is 0 Å². The maximum atomic E-state index is 14.9. The Hall–Kier alpha value is -3.07. The molecule has 1 aliphatic heterocycles. The zero-order valence-electron chi connectivity index (χ0n) is 17.0. The molecule has 164 valence electrons. The van der Waals surface area contributed by atoms with Crippen LogP contribution in [0.15, 0.2) is 30.5 Å². The smallest absolute Gasteiger partial charge is 0.248 e. The number of nitrogens with two attached hydrogens (primary N) is 1. The largest absolute Gasteiger partial charge is 0.366 e. The third-order valence-electron chi connectivity index (χ3n) is 5.09. The summed E-state index contributed by atoms with van der Waals surface area (Å²) in [5.41, 5.74) is 6.77. The van der Waals surface area contributed by atoms with E-state index in [2.05, 4.69) is 10.3 Å². The van der Waals surface area contributed by atoms with Crippen LogP contribution in [-0.2, 0) is 16.6 Å². The molecule has 3 rings (SSSR count). The van der Waals surface area contributed by atoms with Crippen molar-refractivity contribution < 1.29 is 17.6 Å². The molecule has 1 saturated heterocycles. The van der Waals surface area contributed by atoms with Crippen LogP contribution in [0.3, 0.4) is 0 Å². The Bertz CT molecular complexity index is 1110. The van der Waals surface area contributed by atoms with Gasteiger partial charge in [-0.3, -0.25) is 9.69 Å². The lowest BCUT2D eigenvalue weighted by Gasteiger charge is -2.34. The first-order valence-electron chi connectivity index (χ1n) is 9.69. The molecule has 0 spiro atoms. The standard InChI is InChI=1S/C20H23FN6O3S/c1-2-31(29,30)27-7-5-26(6-8-27)13-15-9-14(20(23)28)10-18(21)19(15)25-17-4-3-16(11-22)24-12-17/h3-4,9-10,12,25H,2,5-8,13H2,1H3,(H2,23,28). The third kappa shape index (κ3) is 5.35. The van der Waals surface area contributed by atoms with Gasteiger partial charge in [0.2, 0.25) is 15.9 Å². The maximum absolute atomic E-state index is 14.9. The van der Waals surface area contributed by atoms with Crippen LogP contribution in [0.4, 0.5) is 15.8 Å².